The molecule has 90 heavy (non-hydrogen) atoms. The molecule has 0 amide bonds. The second-order valence-electron chi connectivity index (χ2n) is 13.7. The van der Waals surface area contributed by atoms with Crippen molar-refractivity contribution in [1.29, 1.82) is 0 Å². The average molecular weight is 1310 g/mol. The van der Waals surface area contributed by atoms with Gasteiger partial charge < -0.3 is 14.9 Å². The van der Waals surface area contributed by atoms with E-state index in [9.17, 15) is 0 Å². The fourth-order valence-corrected chi connectivity index (χ4v) is 4.21. The predicted octanol–water partition coefficient (Wildman–Crippen LogP) is 31.7. The summed E-state index contributed by atoms with van der Waals surface area (Å²) in [5, 5.41) is 2.62. The Labute approximate surface area is 592 Å². The van der Waals surface area contributed by atoms with E-state index in [-0.39, 0.29) is 47.6 Å². The Bertz CT molecular complexity index is 1530. The van der Waals surface area contributed by atoms with Gasteiger partial charge in [0, 0.05) is 32.7 Å². The summed E-state index contributed by atoms with van der Waals surface area (Å²) in [5.41, 5.74) is 0. The quantitative estimate of drug-likeness (QED) is 0.133. The third-order valence-corrected chi connectivity index (χ3v) is 6.99. The summed E-state index contributed by atoms with van der Waals surface area (Å²) >= 11 is 0. The smallest absolute Gasteiger partial charge is 0 e. The van der Waals surface area contributed by atoms with Crippen LogP contribution in [0.5, 0.6) is 0 Å². The van der Waals surface area contributed by atoms with Gasteiger partial charge in [0.05, 0.1) is 0 Å². The van der Waals surface area contributed by atoms with Gasteiger partial charge in [-0.25, -0.2) is 0 Å². The molecule has 0 heterocycles. The Balaban J connectivity index is -0.0000000514. The van der Waals surface area contributed by atoms with Crippen LogP contribution >= 0.6 is 0 Å². The van der Waals surface area contributed by atoms with Crippen LogP contribution in [0.1, 0.15) is 199 Å². The van der Waals surface area contributed by atoms with E-state index < -0.39 is 0 Å². The summed E-state index contributed by atoms with van der Waals surface area (Å²) < 4.78 is 0. The number of fused-ring (bicyclic) bond motifs is 1. The summed E-state index contributed by atoms with van der Waals surface area (Å²) in [5.74, 6) is 0. The van der Waals surface area contributed by atoms with Crippen LogP contribution in [-0.4, -0.2) is 0 Å². The second kappa shape index (κ2) is 160. The molecule has 0 saturated carbocycles. The first-order chi connectivity index (χ1) is 43.2. The van der Waals surface area contributed by atoms with E-state index in [1.807, 2.05) is 430 Å². The normalized spacial score (nSPS) is 6.64. The molecule has 507 valence electrons. The number of hydrogen-bond donors (Lipinski definition) is 0. The molecule has 0 atom stereocenters. The van der Waals surface area contributed by atoms with Crippen LogP contribution in [0.15, 0.2) is 340 Å². The van der Waals surface area contributed by atoms with Crippen LogP contribution in [-0.2, 0) is 32.7 Å². The van der Waals surface area contributed by atoms with Crippen molar-refractivity contribution in [3.63, 3.8) is 0 Å². The summed E-state index contributed by atoms with van der Waals surface area (Å²) in [4.78, 5) is 0. The Kier molecular flexibility index (Phi) is 216. The minimum atomic E-state index is 0. The minimum Gasteiger partial charge on any atom is -0.358 e. The fourth-order valence-electron chi connectivity index (χ4n) is 4.21. The van der Waals surface area contributed by atoms with Crippen molar-refractivity contribution in [2.24, 2.45) is 0 Å². The standard InChI is InChI=1S/C10H8.8C6H6.3C3H8.10C2H6.2CH3.Y/c1-2-6-10-8-4-3-7-9(10)5-1;8*1-2-4-6-5-3-1;3*1-3-2;10*1-2;;;/h1-8H;8*1-6H;3*3H2,1-2H3;10*1-2H3;2*1H3;/q;;;;;;;;;;;;;;;;;;;;;;2*-1;. The molecule has 0 N–H and O–H groups in total. The Hall–Kier alpha value is -6.44. The van der Waals surface area contributed by atoms with E-state index in [0.29, 0.717) is 0 Å². The van der Waals surface area contributed by atoms with E-state index in [1.54, 1.807) is 0 Å². The van der Waals surface area contributed by atoms with Gasteiger partial charge >= 0.3 is 0 Å². The molecule has 0 aliphatic heterocycles. The largest absolute Gasteiger partial charge is 0.358 e. The molecule has 0 aliphatic carbocycles. The van der Waals surface area contributed by atoms with Gasteiger partial charge in [0.25, 0.3) is 0 Å². The van der Waals surface area contributed by atoms with Crippen LogP contribution in [0.3, 0.4) is 0 Å². The molecule has 0 fully saturated rings. The van der Waals surface area contributed by atoms with Crippen molar-refractivity contribution in [1.82, 2.24) is 0 Å². The van der Waals surface area contributed by atoms with Gasteiger partial charge in [-0.1, -0.05) is 539 Å². The van der Waals surface area contributed by atoms with Crippen molar-refractivity contribution >= 4 is 10.8 Å². The zero-order chi connectivity index (χ0) is 68.9. The van der Waals surface area contributed by atoms with Crippen molar-refractivity contribution in [3.8, 4) is 0 Å². The van der Waals surface area contributed by atoms with E-state index in [4.69, 9.17) is 0 Å². The molecule has 0 bridgehead atoms. The maximum atomic E-state index is 2.12. The van der Waals surface area contributed by atoms with Crippen LogP contribution in [0, 0.1) is 14.9 Å². The molecular formula is C89H146Y-2. The van der Waals surface area contributed by atoms with Crippen molar-refractivity contribution < 1.29 is 32.7 Å². The third kappa shape index (κ3) is 149. The topological polar surface area (TPSA) is 0 Å². The van der Waals surface area contributed by atoms with Gasteiger partial charge in [0.1, 0.15) is 0 Å². The van der Waals surface area contributed by atoms with Crippen molar-refractivity contribution in [3.05, 3.63) is 355 Å². The summed E-state index contributed by atoms with van der Waals surface area (Å²) in [6, 6.07) is 113. The van der Waals surface area contributed by atoms with E-state index in [2.05, 4.69) is 90.1 Å². The molecule has 1 heteroatoms. The Morgan fingerprint density at radius 2 is 0.178 bits per heavy atom. The summed E-state index contributed by atoms with van der Waals surface area (Å²) in [6.07, 6.45) is 3.75. The van der Waals surface area contributed by atoms with Gasteiger partial charge in [-0.2, -0.15) is 0 Å². The maximum Gasteiger partial charge on any atom is 0 e. The predicted molar refractivity (Wildman–Crippen MR) is 430 cm³/mol. The van der Waals surface area contributed by atoms with Gasteiger partial charge in [0.15, 0.2) is 0 Å². The van der Waals surface area contributed by atoms with Gasteiger partial charge in [-0.05, 0) is 10.8 Å². The molecule has 0 saturated heterocycles. The van der Waals surface area contributed by atoms with Crippen LogP contribution in [0.4, 0.5) is 0 Å². The van der Waals surface area contributed by atoms with Crippen LogP contribution in [0.2, 0.25) is 0 Å². The molecule has 0 aromatic heterocycles. The van der Waals surface area contributed by atoms with Crippen molar-refractivity contribution in [2.75, 3.05) is 0 Å². The van der Waals surface area contributed by atoms with E-state index >= 15 is 0 Å². The monoisotopic (exact) mass is 1300 g/mol. The first-order valence-corrected chi connectivity index (χ1v) is 33.6. The van der Waals surface area contributed by atoms with Gasteiger partial charge in [-0.3, -0.25) is 0 Å². The minimum absolute atomic E-state index is 0. The molecule has 0 nitrogen and oxygen atoms in total. The molecule has 0 unspecified atom stereocenters. The molecule has 10 rings (SSSR count). The zero-order valence-electron chi connectivity index (χ0n) is 64.0. The van der Waals surface area contributed by atoms with Crippen LogP contribution in [0.25, 0.3) is 10.8 Å². The van der Waals surface area contributed by atoms with Gasteiger partial charge in [-0.15, -0.1) is 0 Å². The third-order valence-electron chi connectivity index (χ3n) is 6.99. The van der Waals surface area contributed by atoms with E-state index in [0.717, 1.165) is 0 Å². The maximum absolute atomic E-state index is 2.12. The zero-order valence-corrected chi connectivity index (χ0v) is 66.9. The molecule has 1 radical (unpaired) electrons. The average Bonchev–Trinajstić information content (AvgIpc) is 3.10. The SMILES string of the molecule is CC.CC.CC.CC.CC.CC.CC.CC.CC.CC.CCC.CCC.CCC.[CH3-].[CH3-].[Y].c1ccc2ccccc2c1.c1ccccc1.c1ccccc1.c1ccccc1.c1ccccc1.c1ccccc1.c1ccccc1.c1ccccc1.c1ccccc1. The molecular weight excluding hydrogens is 1160 g/mol. The summed E-state index contributed by atoms with van der Waals surface area (Å²) in [7, 11) is 0. The Morgan fingerprint density at radius 1 is 0.133 bits per heavy atom. The summed E-state index contributed by atoms with van der Waals surface area (Å²) in [6.45, 7) is 52.8. The second-order valence-corrected chi connectivity index (χ2v) is 13.7. The van der Waals surface area contributed by atoms with Crippen molar-refractivity contribution in [2.45, 2.75) is 199 Å². The van der Waals surface area contributed by atoms with Gasteiger partial charge in [0.2, 0.25) is 0 Å². The molecule has 10 aromatic carbocycles. The van der Waals surface area contributed by atoms with E-state index in [1.165, 1.54) is 30.0 Å². The number of benzene rings is 10. The molecule has 10 aromatic rings. The Morgan fingerprint density at radius 3 is 0.222 bits per heavy atom. The van der Waals surface area contributed by atoms with Crippen LogP contribution < -0.4 is 0 Å². The first-order valence-electron chi connectivity index (χ1n) is 33.6. The molecule has 0 aliphatic rings. The fraction of sp³-hybridized carbons (Fsp3) is 0.326. The molecule has 0 spiro atoms. The number of rotatable bonds is 0. The number of hydrogen-bond acceptors (Lipinski definition) is 0. The first kappa shape index (κ1) is 121.